The first-order chi connectivity index (χ1) is 4.70. The minimum atomic E-state index is -0.207. The molecule has 0 aliphatic rings. The summed E-state index contributed by atoms with van der Waals surface area (Å²) in [6.07, 6.45) is 0.763. The van der Waals surface area contributed by atoms with Crippen LogP contribution >= 0.6 is 0 Å². The number of carbonyl (C=O) groups excluding carboxylic acids is 1. The van der Waals surface area contributed by atoms with Gasteiger partial charge < -0.3 is 9.84 Å². The molecule has 60 valence electrons. The van der Waals surface area contributed by atoms with Crippen molar-refractivity contribution in [3.63, 3.8) is 0 Å². The van der Waals surface area contributed by atoms with E-state index in [0.29, 0.717) is 12.8 Å². The Balaban J connectivity index is 3.37. The van der Waals surface area contributed by atoms with E-state index >= 15 is 0 Å². The summed E-state index contributed by atoms with van der Waals surface area (Å²) in [4.78, 5) is 10.6. The van der Waals surface area contributed by atoms with Crippen molar-refractivity contribution in [2.24, 2.45) is 0 Å². The minimum Gasteiger partial charge on any atom is -0.463 e. The quantitative estimate of drug-likeness (QED) is 0.594. The van der Waals surface area contributed by atoms with Gasteiger partial charge in [-0.3, -0.25) is 4.79 Å². The molecular weight excluding hydrogens is 132 g/mol. The van der Waals surface area contributed by atoms with Crippen molar-refractivity contribution < 1.29 is 14.6 Å². The largest absolute Gasteiger partial charge is 0.463 e. The average molecular weight is 146 g/mol. The first kappa shape index (κ1) is 9.43. The molecule has 0 amide bonds. The van der Waals surface area contributed by atoms with E-state index in [2.05, 4.69) is 0 Å². The number of hydrogen-bond acceptors (Lipinski definition) is 3. The first-order valence-corrected chi connectivity index (χ1v) is 3.51. The monoisotopic (exact) mass is 146 g/mol. The van der Waals surface area contributed by atoms with Crippen LogP contribution in [0.5, 0.6) is 0 Å². The van der Waals surface area contributed by atoms with Gasteiger partial charge in [-0.05, 0) is 6.92 Å². The second-order valence-electron chi connectivity index (χ2n) is 2.17. The third-order valence-electron chi connectivity index (χ3n) is 1.16. The van der Waals surface area contributed by atoms with E-state index in [-0.39, 0.29) is 18.7 Å². The van der Waals surface area contributed by atoms with Gasteiger partial charge in [0.2, 0.25) is 0 Å². The van der Waals surface area contributed by atoms with Gasteiger partial charge in [0, 0.05) is 19.4 Å². The van der Waals surface area contributed by atoms with Gasteiger partial charge >= 0.3 is 5.97 Å². The van der Waals surface area contributed by atoms with Gasteiger partial charge in [-0.25, -0.2) is 0 Å². The van der Waals surface area contributed by atoms with E-state index in [4.69, 9.17) is 9.84 Å². The van der Waals surface area contributed by atoms with Gasteiger partial charge in [0.15, 0.2) is 0 Å². The SMILES string of the molecule is CCC(=O)O[C@H](C)CCO. The van der Waals surface area contributed by atoms with E-state index < -0.39 is 0 Å². The number of carbonyl (C=O) groups is 1. The lowest BCUT2D eigenvalue weighted by molar-refractivity contribution is -0.148. The number of aliphatic hydroxyl groups is 1. The van der Waals surface area contributed by atoms with Gasteiger partial charge in [-0.2, -0.15) is 0 Å². The van der Waals surface area contributed by atoms with Crippen LogP contribution in [-0.4, -0.2) is 23.8 Å². The topological polar surface area (TPSA) is 46.5 Å². The highest BCUT2D eigenvalue weighted by Crippen LogP contribution is 1.97. The predicted octanol–water partition coefficient (Wildman–Crippen LogP) is 0.710. The highest BCUT2D eigenvalue weighted by molar-refractivity contribution is 5.69. The zero-order chi connectivity index (χ0) is 7.98. The van der Waals surface area contributed by atoms with Crippen molar-refractivity contribution in [3.8, 4) is 0 Å². The molecule has 0 radical (unpaired) electrons. The fraction of sp³-hybridized carbons (Fsp3) is 0.857. The summed E-state index contributed by atoms with van der Waals surface area (Å²) >= 11 is 0. The third kappa shape index (κ3) is 4.32. The molecule has 3 nitrogen and oxygen atoms in total. The lowest BCUT2D eigenvalue weighted by Crippen LogP contribution is -2.14. The van der Waals surface area contributed by atoms with Crippen molar-refractivity contribution >= 4 is 5.97 Å². The Labute approximate surface area is 61.0 Å². The molecule has 0 aromatic heterocycles. The Bertz CT molecular complexity index is 101. The van der Waals surface area contributed by atoms with Gasteiger partial charge in [-0.1, -0.05) is 6.92 Å². The Morgan fingerprint density at radius 3 is 2.70 bits per heavy atom. The number of esters is 1. The Morgan fingerprint density at radius 1 is 1.70 bits per heavy atom. The molecule has 0 unspecified atom stereocenters. The number of aliphatic hydroxyl groups excluding tert-OH is 1. The van der Waals surface area contributed by atoms with Crippen LogP contribution in [-0.2, 0) is 9.53 Å². The molecule has 0 bridgehead atoms. The molecule has 0 aliphatic carbocycles. The lowest BCUT2D eigenvalue weighted by atomic mass is 10.3. The van der Waals surface area contributed by atoms with E-state index in [1.165, 1.54) is 0 Å². The molecule has 0 fully saturated rings. The van der Waals surface area contributed by atoms with Gasteiger partial charge in [-0.15, -0.1) is 0 Å². The molecule has 0 aliphatic heterocycles. The van der Waals surface area contributed by atoms with Crippen molar-refractivity contribution in [3.05, 3.63) is 0 Å². The summed E-state index contributed by atoms with van der Waals surface area (Å²) < 4.78 is 4.84. The summed E-state index contributed by atoms with van der Waals surface area (Å²) in [7, 11) is 0. The molecule has 10 heavy (non-hydrogen) atoms. The first-order valence-electron chi connectivity index (χ1n) is 3.51. The third-order valence-corrected chi connectivity index (χ3v) is 1.16. The summed E-state index contributed by atoms with van der Waals surface area (Å²) in [6, 6.07) is 0. The summed E-state index contributed by atoms with van der Waals surface area (Å²) in [5, 5.41) is 8.43. The minimum absolute atomic E-state index is 0.0676. The van der Waals surface area contributed by atoms with Crippen LogP contribution in [0.15, 0.2) is 0 Å². The van der Waals surface area contributed by atoms with Crippen LogP contribution < -0.4 is 0 Å². The van der Waals surface area contributed by atoms with Crippen LogP contribution in [0.3, 0.4) is 0 Å². The molecular formula is C7H14O3. The highest BCUT2D eigenvalue weighted by atomic mass is 16.5. The molecule has 1 N–H and O–H groups in total. The Hall–Kier alpha value is -0.570. The van der Waals surface area contributed by atoms with Crippen molar-refractivity contribution in [1.82, 2.24) is 0 Å². The van der Waals surface area contributed by atoms with Crippen molar-refractivity contribution in [1.29, 1.82) is 0 Å². The molecule has 0 aromatic carbocycles. The molecule has 0 saturated carbocycles. The Kier molecular flexibility index (Phi) is 4.94. The van der Waals surface area contributed by atoms with E-state index in [9.17, 15) is 4.79 Å². The average Bonchev–Trinajstić information content (AvgIpc) is 1.88. The summed E-state index contributed by atoms with van der Waals surface area (Å²) in [5.74, 6) is -0.207. The highest BCUT2D eigenvalue weighted by Gasteiger charge is 2.05. The van der Waals surface area contributed by atoms with Crippen LogP contribution in [0, 0.1) is 0 Å². The van der Waals surface area contributed by atoms with Gasteiger partial charge in [0.25, 0.3) is 0 Å². The zero-order valence-electron chi connectivity index (χ0n) is 6.46. The van der Waals surface area contributed by atoms with Crippen molar-refractivity contribution in [2.45, 2.75) is 32.8 Å². The summed E-state index contributed by atoms with van der Waals surface area (Å²) in [5.41, 5.74) is 0. The molecule has 0 saturated heterocycles. The molecule has 3 heteroatoms. The lowest BCUT2D eigenvalue weighted by Gasteiger charge is -2.09. The maximum atomic E-state index is 10.6. The van der Waals surface area contributed by atoms with Crippen molar-refractivity contribution in [2.75, 3.05) is 6.61 Å². The maximum Gasteiger partial charge on any atom is 0.305 e. The van der Waals surface area contributed by atoms with E-state index in [1.54, 1.807) is 13.8 Å². The number of rotatable bonds is 4. The predicted molar refractivity (Wildman–Crippen MR) is 37.5 cm³/mol. The fourth-order valence-electron chi connectivity index (χ4n) is 0.548. The Morgan fingerprint density at radius 2 is 2.30 bits per heavy atom. The zero-order valence-corrected chi connectivity index (χ0v) is 6.46. The maximum absolute atomic E-state index is 10.6. The molecule has 1 atom stereocenters. The van der Waals surface area contributed by atoms with Crippen LogP contribution in [0.4, 0.5) is 0 Å². The fourth-order valence-corrected chi connectivity index (χ4v) is 0.548. The molecule has 0 aromatic rings. The molecule has 0 spiro atoms. The van der Waals surface area contributed by atoms with E-state index in [0.717, 1.165) is 0 Å². The van der Waals surface area contributed by atoms with Crippen LogP contribution in [0.25, 0.3) is 0 Å². The van der Waals surface area contributed by atoms with Gasteiger partial charge in [0.1, 0.15) is 6.10 Å². The second-order valence-corrected chi connectivity index (χ2v) is 2.17. The molecule has 0 heterocycles. The second kappa shape index (κ2) is 5.23. The molecule has 0 rings (SSSR count). The number of hydrogen-bond donors (Lipinski definition) is 1. The normalized spacial score (nSPS) is 12.7. The number of ether oxygens (including phenoxy) is 1. The smallest absolute Gasteiger partial charge is 0.305 e. The van der Waals surface area contributed by atoms with Crippen LogP contribution in [0.2, 0.25) is 0 Å². The van der Waals surface area contributed by atoms with E-state index in [1.807, 2.05) is 0 Å². The summed E-state index contributed by atoms with van der Waals surface area (Å²) in [6.45, 7) is 3.58. The van der Waals surface area contributed by atoms with Crippen LogP contribution in [0.1, 0.15) is 26.7 Å². The van der Waals surface area contributed by atoms with Gasteiger partial charge in [0.05, 0.1) is 0 Å². The standard InChI is InChI=1S/C7H14O3/c1-3-7(9)10-6(2)4-5-8/h6,8H,3-5H2,1-2H3/t6-/m1/s1.